The lowest BCUT2D eigenvalue weighted by Crippen LogP contribution is -2.21. The van der Waals surface area contributed by atoms with Gasteiger partial charge in [0.1, 0.15) is 5.75 Å². The van der Waals surface area contributed by atoms with Crippen LogP contribution in [0.1, 0.15) is 23.6 Å². The van der Waals surface area contributed by atoms with Crippen LogP contribution >= 0.6 is 0 Å². The SMILES string of the molecule is CN(c1ccccc1)C1CCc2cc(O)ccc21. The first-order chi connectivity index (χ1) is 8.75. The van der Waals surface area contributed by atoms with E-state index in [1.807, 2.05) is 12.1 Å². The molecule has 18 heavy (non-hydrogen) atoms. The van der Waals surface area contributed by atoms with Crippen LogP contribution in [0.4, 0.5) is 5.69 Å². The van der Waals surface area contributed by atoms with Crippen LogP contribution in [-0.4, -0.2) is 12.2 Å². The largest absolute Gasteiger partial charge is 0.508 e. The Bertz CT molecular complexity index is 550. The first-order valence-corrected chi connectivity index (χ1v) is 6.35. The third-order valence-electron chi connectivity index (χ3n) is 3.80. The highest BCUT2D eigenvalue weighted by Gasteiger charge is 2.26. The molecular formula is C16H17NO. The highest BCUT2D eigenvalue weighted by molar-refractivity contribution is 5.51. The van der Waals surface area contributed by atoms with E-state index in [9.17, 15) is 5.11 Å². The lowest BCUT2D eigenvalue weighted by Gasteiger charge is -2.27. The fourth-order valence-electron chi connectivity index (χ4n) is 2.83. The molecule has 1 unspecified atom stereocenters. The standard InChI is InChI=1S/C16H17NO/c1-17(13-5-3-2-4-6-13)16-10-7-12-11-14(18)8-9-15(12)16/h2-6,8-9,11,16,18H,7,10H2,1H3. The van der Waals surface area contributed by atoms with Gasteiger partial charge < -0.3 is 10.0 Å². The van der Waals surface area contributed by atoms with Gasteiger partial charge in [-0.05, 0) is 48.2 Å². The van der Waals surface area contributed by atoms with Crippen molar-refractivity contribution in [2.45, 2.75) is 18.9 Å². The molecule has 1 N–H and O–H groups in total. The second kappa shape index (κ2) is 4.37. The minimum Gasteiger partial charge on any atom is -0.508 e. The lowest BCUT2D eigenvalue weighted by molar-refractivity contribution is 0.474. The van der Waals surface area contributed by atoms with Crippen molar-refractivity contribution in [3.63, 3.8) is 0 Å². The summed E-state index contributed by atoms with van der Waals surface area (Å²) in [4.78, 5) is 2.32. The fraction of sp³-hybridized carbons (Fsp3) is 0.250. The van der Waals surface area contributed by atoms with E-state index in [0.717, 1.165) is 12.8 Å². The summed E-state index contributed by atoms with van der Waals surface area (Å²) in [7, 11) is 2.14. The van der Waals surface area contributed by atoms with Crippen molar-refractivity contribution in [3.8, 4) is 5.75 Å². The summed E-state index contributed by atoms with van der Waals surface area (Å²) in [6.07, 6.45) is 2.16. The average molecular weight is 239 g/mol. The van der Waals surface area contributed by atoms with E-state index in [2.05, 4.69) is 42.3 Å². The van der Waals surface area contributed by atoms with Crippen LogP contribution in [-0.2, 0) is 6.42 Å². The number of phenolic OH excluding ortho intramolecular Hbond substituents is 1. The third-order valence-corrected chi connectivity index (χ3v) is 3.80. The van der Waals surface area contributed by atoms with Gasteiger partial charge in [-0.1, -0.05) is 24.3 Å². The summed E-state index contributed by atoms with van der Waals surface area (Å²) < 4.78 is 0. The molecule has 2 aromatic carbocycles. The molecule has 0 spiro atoms. The summed E-state index contributed by atoms with van der Waals surface area (Å²) >= 11 is 0. The Hall–Kier alpha value is -1.96. The van der Waals surface area contributed by atoms with Crippen LogP contribution < -0.4 is 4.90 Å². The van der Waals surface area contributed by atoms with Gasteiger partial charge >= 0.3 is 0 Å². The molecule has 1 aliphatic rings. The molecule has 2 aromatic rings. The molecule has 0 saturated carbocycles. The Labute approximate surface area is 107 Å². The van der Waals surface area contributed by atoms with Gasteiger partial charge in [0.2, 0.25) is 0 Å². The minimum absolute atomic E-state index is 0.372. The summed E-state index contributed by atoms with van der Waals surface area (Å²) in [6.45, 7) is 0. The van der Waals surface area contributed by atoms with Gasteiger partial charge in [-0.3, -0.25) is 0 Å². The van der Waals surface area contributed by atoms with E-state index in [0.29, 0.717) is 11.8 Å². The van der Waals surface area contributed by atoms with E-state index in [4.69, 9.17) is 0 Å². The number of hydrogen-bond acceptors (Lipinski definition) is 2. The maximum atomic E-state index is 9.52. The van der Waals surface area contributed by atoms with Crippen LogP contribution in [0.3, 0.4) is 0 Å². The molecule has 0 saturated heterocycles. The Morgan fingerprint density at radius 1 is 1.11 bits per heavy atom. The van der Waals surface area contributed by atoms with Crippen molar-refractivity contribution >= 4 is 5.69 Å². The number of fused-ring (bicyclic) bond motifs is 1. The normalized spacial score (nSPS) is 17.5. The number of nitrogens with zero attached hydrogens (tertiary/aromatic N) is 1. The van der Waals surface area contributed by atoms with E-state index >= 15 is 0 Å². The molecule has 0 aromatic heterocycles. The predicted molar refractivity (Wildman–Crippen MR) is 74.0 cm³/mol. The van der Waals surface area contributed by atoms with E-state index in [1.165, 1.54) is 16.8 Å². The van der Waals surface area contributed by atoms with Crippen LogP contribution in [0, 0.1) is 0 Å². The van der Waals surface area contributed by atoms with Crippen LogP contribution in [0.2, 0.25) is 0 Å². The topological polar surface area (TPSA) is 23.5 Å². The van der Waals surface area contributed by atoms with Crippen molar-refractivity contribution < 1.29 is 5.11 Å². The van der Waals surface area contributed by atoms with Gasteiger partial charge in [0.05, 0.1) is 6.04 Å². The molecule has 0 aliphatic heterocycles. The first kappa shape index (κ1) is 11.1. The molecular weight excluding hydrogens is 222 g/mol. The van der Waals surface area contributed by atoms with Crippen molar-refractivity contribution in [2.75, 3.05) is 11.9 Å². The van der Waals surface area contributed by atoms with Crippen molar-refractivity contribution in [3.05, 3.63) is 59.7 Å². The Morgan fingerprint density at radius 2 is 1.89 bits per heavy atom. The molecule has 0 heterocycles. The van der Waals surface area contributed by atoms with Crippen LogP contribution in [0.5, 0.6) is 5.75 Å². The Kier molecular flexibility index (Phi) is 2.71. The highest BCUT2D eigenvalue weighted by Crippen LogP contribution is 2.38. The van der Waals surface area contributed by atoms with Gasteiger partial charge in [-0.2, -0.15) is 0 Å². The highest BCUT2D eigenvalue weighted by atomic mass is 16.3. The first-order valence-electron chi connectivity index (χ1n) is 6.35. The number of rotatable bonds is 2. The maximum Gasteiger partial charge on any atom is 0.115 e. The molecule has 0 fully saturated rings. The van der Waals surface area contributed by atoms with Crippen LogP contribution in [0.25, 0.3) is 0 Å². The van der Waals surface area contributed by atoms with Gasteiger partial charge in [0, 0.05) is 12.7 Å². The second-order valence-corrected chi connectivity index (χ2v) is 4.88. The zero-order chi connectivity index (χ0) is 12.5. The molecule has 3 rings (SSSR count). The van der Waals surface area contributed by atoms with Gasteiger partial charge in [-0.25, -0.2) is 0 Å². The van der Waals surface area contributed by atoms with Crippen molar-refractivity contribution in [1.29, 1.82) is 0 Å². The van der Waals surface area contributed by atoms with Crippen LogP contribution in [0.15, 0.2) is 48.5 Å². The maximum absolute atomic E-state index is 9.52. The van der Waals surface area contributed by atoms with Crippen molar-refractivity contribution in [1.82, 2.24) is 0 Å². The molecule has 2 nitrogen and oxygen atoms in total. The summed E-state index contributed by atoms with van der Waals surface area (Å²) in [6, 6.07) is 16.6. The molecule has 0 amide bonds. The number of anilines is 1. The Balaban J connectivity index is 1.93. The number of benzene rings is 2. The van der Waals surface area contributed by atoms with Gasteiger partial charge in [0.15, 0.2) is 0 Å². The summed E-state index contributed by atoms with van der Waals surface area (Å²) in [5.41, 5.74) is 3.87. The van der Waals surface area contributed by atoms with E-state index < -0.39 is 0 Å². The number of aryl methyl sites for hydroxylation is 1. The Morgan fingerprint density at radius 3 is 2.67 bits per heavy atom. The minimum atomic E-state index is 0.372. The molecule has 0 bridgehead atoms. The molecule has 1 atom stereocenters. The zero-order valence-electron chi connectivity index (χ0n) is 10.5. The number of para-hydroxylation sites is 1. The lowest BCUT2D eigenvalue weighted by atomic mass is 10.1. The quantitative estimate of drug-likeness (QED) is 0.866. The monoisotopic (exact) mass is 239 g/mol. The summed E-state index contributed by atoms with van der Waals surface area (Å²) in [5.74, 6) is 0.372. The number of phenols is 1. The predicted octanol–water partition coefficient (Wildman–Crippen LogP) is 3.52. The average Bonchev–Trinajstić information content (AvgIpc) is 2.81. The van der Waals surface area contributed by atoms with Crippen molar-refractivity contribution in [2.24, 2.45) is 0 Å². The molecule has 1 aliphatic carbocycles. The number of hydrogen-bond donors (Lipinski definition) is 1. The van der Waals surface area contributed by atoms with E-state index in [1.54, 1.807) is 6.07 Å². The number of aromatic hydroxyl groups is 1. The fourth-order valence-corrected chi connectivity index (χ4v) is 2.83. The molecule has 92 valence electrons. The van der Waals surface area contributed by atoms with Gasteiger partial charge in [0.25, 0.3) is 0 Å². The van der Waals surface area contributed by atoms with E-state index in [-0.39, 0.29) is 0 Å². The van der Waals surface area contributed by atoms with Gasteiger partial charge in [-0.15, -0.1) is 0 Å². The zero-order valence-corrected chi connectivity index (χ0v) is 10.5. The summed E-state index contributed by atoms with van der Waals surface area (Å²) in [5, 5.41) is 9.52. The third kappa shape index (κ3) is 1.84. The molecule has 2 heteroatoms. The second-order valence-electron chi connectivity index (χ2n) is 4.88. The smallest absolute Gasteiger partial charge is 0.115 e. The molecule has 0 radical (unpaired) electrons.